The fourth-order valence-electron chi connectivity index (χ4n) is 2.50. The Morgan fingerprint density at radius 2 is 1.96 bits per heavy atom. The zero-order chi connectivity index (χ0) is 15.4. The Morgan fingerprint density at radius 3 is 2.58 bits per heavy atom. The van der Waals surface area contributed by atoms with Gasteiger partial charge in [-0.2, -0.15) is 0 Å². The van der Waals surface area contributed by atoms with Gasteiger partial charge < -0.3 is 10.2 Å². The molecule has 7 heteroatoms. The summed E-state index contributed by atoms with van der Waals surface area (Å²) in [6.45, 7) is 4.57. The summed E-state index contributed by atoms with van der Waals surface area (Å²) in [6.07, 6.45) is 1.78. The highest BCUT2D eigenvalue weighted by atomic mass is 35.5. The summed E-state index contributed by atoms with van der Waals surface area (Å²) in [5.41, 5.74) is 0.749. The average molecular weight is 386 g/mol. The lowest BCUT2D eigenvalue weighted by atomic mass is 10.1. The zero-order valence-electron chi connectivity index (χ0n) is 13.3. The van der Waals surface area contributed by atoms with Gasteiger partial charge in [-0.05, 0) is 43.3 Å². The summed E-state index contributed by atoms with van der Waals surface area (Å²) in [6, 6.07) is 13.9. The van der Waals surface area contributed by atoms with Crippen molar-refractivity contribution in [1.82, 2.24) is 15.2 Å². The van der Waals surface area contributed by atoms with Crippen molar-refractivity contribution in [1.29, 1.82) is 0 Å². The molecule has 1 aliphatic heterocycles. The number of pyridine rings is 1. The van der Waals surface area contributed by atoms with Crippen molar-refractivity contribution in [2.45, 2.75) is 22.9 Å². The third-order valence-corrected chi connectivity index (χ3v) is 4.68. The maximum absolute atomic E-state index is 12.6. The van der Waals surface area contributed by atoms with Crippen molar-refractivity contribution in [3.05, 3.63) is 54.2 Å². The highest BCUT2D eigenvalue weighted by molar-refractivity contribution is 7.99. The number of nitrogens with one attached hydrogen (secondary N) is 1. The molecule has 1 amide bonds. The molecule has 0 saturated carbocycles. The van der Waals surface area contributed by atoms with E-state index in [4.69, 9.17) is 0 Å². The number of aromatic nitrogens is 1. The molecule has 1 N–H and O–H groups in total. The number of benzene rings is 1. The van der Waals surface area contributed by atoms with Gasteiger partial charge >= 0.3 is 0 Å². The van der Waals surface area contributed by atoms with Crippen molar-refractivity contribution < 1.29 is 4.79 Å². The fourth-order valence-corrected chi connectivity index (χ4v) is 3.28. The fraction of sp³-hybridized carbons (Fsp3) is 0.294. The molecule has 0 radical (unpaired) electrons. The Kier molecular flexibility index (Phi) is 8.56. The highest BCUT2D eigenvalue weighted by Crippen LogP contribution is 2.26. The third-order valence-electron chi connectivity index (χ3n) is 3.72. The van der Waals surface area contributed by atoms with Gasteiger partial charge in [-0.15, -0.1) is 24.8 Å². The molecule has 4 nitrogen and oxygen atoms in total. The number of amides is 1. The highest BCUT2D eigenvalue weighted by Gasteiger charge is 2.23. The van der Waals surface area contributed by atoms with Gasteiger partial charge in [-0.25, -0.2) is 4.98 Å². The summed E-state index contributed by atoms with van der Waals surface area (Å²) >= 11 is 1.60. The molecule has 1 aromatic heterocycles. The van der Waals surface area contributed by atoms with Gasteiger partial charge in [0, 0.05) is 42.3 Å². The number of rotatable bonds is 3. The Labute approximate surface area is 159 Å². The lowest BCUT2D eigenvalue weighted by Gasteiger charge is -2.34. The van der Waals surface area contributed by atoms with Crippen LogP contribution in [-0.4, -0.2) is 41.5 Å². The number of nitrogens with zero attached hydrogens (tertiary/aromatic N) is 2. The number of hydrogen-bond donors (Lipinski definition) is 1. The average Bonchev–Trinajstić information content (AvgIpc) is 2.56. The summed E-state index contributed by atoms with van der Waals surface area (Å²) in [5, 5.41) is 4.26. The molecule has 2 aromatic rings. The lowest BCUT2D eigenvalue weighted by Crippen LogP contribution is -2.52. The Hall–Kier alpha value is -1.27. The molecule has 3 rings (SSSR count). The van der Waals surface area contributed by atoms with E-state index >= 15 is 0 Å². The van der Waals surface area contributed by atoms with E-state index in [1.54, 1.807) is 18.0 Å². The van der Waals surface area contributed by atoms with Crippen LogP contribution >= 0.6 is 36.6 Å². The molecule has 1 atom stereocenters. The van der Waals surface area contributed by atoms with E-state index in [0.29, 0.717) is 0 Å². The Balaban J connectivity index is 0.00000144. The van der Waals surface area contributed by atoms with Crippen LogP contribution in [-0.2, 0) is 0 Å². The van der Waals surface area contributed by atoms with Gasteiger partial charge in [-0.1, -0.05) is 17.8 Å². The van der Waals surface area contributed by atoms with Crippen LogP contribution in [0.3, 0.4) is 0 Å². The minimum Gasteiger partial charge on any atom is -0.333 e. The SMILES string of the molecule is C[C@H]1CNCCN1C(=O)c1ccc(Sc2ccccn2)cc1.Cl.Cl. The van der Waals surface area contributed by atoms with E-state index in [2.05, 4.69) is 17.2 Å². The van der Waals surface area contributed by atoms with Gasteiger partial charge in [0.1, 0.15) is 5.03 Å². The first-order chi connectivity index (χ1) is 10.7. The summed E-state index contributed by atoms with van der Waals surface area (Å²) < 4.78 is 0. The second kappa shape index (κ2) is 9.89. The summed E-state index contributed by atoms with van der Waals surface area (Å²) in [5.74, 6) is 0.114. The minimum absolute atomic E-state index is 0. The van der Waals surface area contributed by atoms with E-state index in [-0.39, 0.29) is 36.8 Å². The zero-order valence-corrected chi connectivity index (χ0v) is 15.8. The molecule has 0 aliphatic carbocycles. The van der Waals surface area contributed by atoms with Crippen LogP contribution in [0.15, 0.2) is 58.6 Å². The van der Waals surface area contributed by atoms with E-state index < -0.39 is 0 Å². The van der Waals surface area contributed by atoms with E-state index in [1.807, 2.05) is 47.4 Å². The van der Waals surface area contributed by atoms with Gasteiger partial charge in [-0.3, -0.25) is 4.79 Å². The monoisotopic (exact) mass is 385 g/mol. The molecule has 1 aliphatic rings. The molecule has 2 heterocycles. The van der Waals surface area contributed by atoms with Crippen molar-refractivity contribution in [2.24, 2.45) is 0 Å². The minimum atomic E-state index is 0. The quantitative estimate of drug-likeness (QED) is 0.877. The number of carbonyl (C=O) groups is 1. The van der Waals surface area contributed by atoms with Gasteiger partial charge in [0.25, 0.3) is 5.91 Å². The third kappa shape index (κ3) is 5.11. The van der Waals surface area contributed by atoms with E-state index in [1.165, 1.54) is 0 Å². The molecule has 130 valence electrons. The van der Waals surface area contributed by atoms with Crippen LogP contribution in [0.2, 0.25) is 0 Å². The van der Waals surface area contributed by atoms with Crippen LogP contribution in [0.25, 0.3) is 0 Å². The van der Waals surface area contributed by atoms with Crippen LogP contribution < -0.4 is 5.32 Å². The largest absolute Gasteiger partial charge is 0.333 e. The van der Waals surface area contributed by atoms with Crippen LogP contribution in [0.5, 0.6) is 0 Å². The first-order valence-electron chi connectivity index (χ1n) is 7.44. The number of hydrogen-bond acceptors (Lipinski definition) is 4. The van der Waals surface area contributed by atoms with Gasteiger partial charge in [0.05, 0.1) is 0 Å². The van der Waals surface area contributed by atoms with Crippen molar-refractivity contribution in [3.8, 4) is 0 Å². The van der Waals surface area contributed by atoms with Crippen LogP contribution in [0.4, 0.5) is 0 Å². The molecular weight excluding hydrogens is 365 g/mol. The van der Waals surface area contributed by atoms with Gasteiger partial charge in [0.2, 0.25) is 0 Å². The smallest absolute Gasteiger partial charge is 0.254 e. The molecule has 0 bridgehead atoms. The van der Waals surface area contributed by atoms with E-state index in [0.717, 1.165) is 35.1 Å². The second-order valence-corrected chi connectivity index (χ2v) is 6.44. The lowest BCUT2D eigenvalue weighted by molar-refractivity contribution is 0.0655. The first kappa shape index (κ1) is 20.8. The Morgan fingerprint density at radius 1 is 1.21 bits per heavy atom. The molecule has 24 heavy (non-hydrogen) atoms. The standard InChI is InChI=1S/C17H19N3OS.2ClH/c1-13-12-18-10-11-20(13)17(21)14-5-7-15(8-6-14)22-16-4-2-3-9-19-16;;/h2-9,13,18H,10-12H2,1H3;2*1H/t13-;;/m0../s1. The summed E-state index contributed by atoms with van der Waals surface area (Å²) in [7, 11) is 0. The predicted molar refractivity (Wildman–Crippen MR) is 103 cm³/mol. The topological polar surface area (TPSA) is 45.2 Å². The molecule has 1 saturated heterocycles. The first-order valence-corrected chi connectivity index (χ1v) is 8.26. The van der Waals surface area contributed by atoms with Crippen LogP contribution in [0.1, 0.15) is 17.3 Å². The molecule has 1 aromatic carbocycles. The molecule has 0 spiro atoms. The normalized spacial score (nSPS) is 16.7. The summed E-state index contributed by atoms with van der Waals surface area (Å²) in [4.78, 5) is 19.9. The molecule has 1 fully saturated rings. The number of halogens is 2. The number of piperazine rings is 1. The van der Waals surface area contributed by atoms with Crippen molar-refractivity contribution in [2.75, 3.05) is 19.6 Å². The van der Waals surface area contributed by atoms with Crippen molar-refractivity contribution in [3.63, 3.8) is 0 Å². The van der Waals surface area contributed by atoms with Crippen molar-refractivity contribution >= 4 is 42.5 Å². The van der Waals surface area contributed by atoms with E-state index in [9.17, 15) is 4.79 Å². The molecule has 0 unspecified atom stereocenters. The van der Waals surface area contributed by atoms with Gasteiger partial charge in [0.15, 0.2) is 0 Å². The maximum atomic E-state index is 12.6. The molecular formula is C17H21Cl2N3OS. The second-order valence-electron chi connectivity index (χ2n) is 5.35. The Bertz CT molecular complexity index is 640. The van der Waals surface area contributed by atoms with Crippen LogP contribution in [0, 0.1) is 0 Å². The maximum Gasteiger partial charge on any atom is 0.254 e. The number of carbonyl (C=O) groups excluding carboxylic acids is 1. The predicted octanol–water partition coefficient (Wildman–Crippen LogP) is 3.51.